The van der Waals surface area contributed by atoms with E-state index in [4.69, 9.17) is 0 Å². The Kier molecular flexibility index (Phi) is 4.13. The third-order valence-corrected chi connectivity index (χ3v) is 5.14. The molecule has 1 amide bonds. The fourth-order valence-corrected chi connectivity index (χ4v) is 3.70. The number of rotatable bonds is 3. The van der Waals surface area contributed by atoms with Crippen molar-refractivity contribution in [3.05, 3.63) is 46.9 Å². The van der Waals surface area contributed by atoms with E-state index in [0.717, 1.165) is 35.5 Å². The van der Waals surface area contributed by atoms with E-state index in [1.54, 1.807) is 6.33 Å². The maximum atomic E-state index is 12.3. The van der Waals surface area contributed by atoms with Gasteiger partial charge < -0.3 is 10.2 Å². The molecule has 24 heavy (non-hydrogen) atoms. The first-order valence-corrected chi connectivity index (χ1v) is 9.04. The van der Waals surface area contributed by atoms with Crippen LogP contribution in [0.15, 0.2) is 42.0 Å². The molecule has 0 radical (unpaired) electrons. The zero-order valence-electron chi connectivity index (χ0n) is 13.2. The molecule has 1 fully saturated rings. The van der Waals surface area contributed by atoms with Crippen molar-refractivity contribution >= 4 is 39.7 Å². The molecule has 1 aliphatic rings. The fraction of sp³-hybridized carbons (Fsp3) is 0.278. The van der Waals surface area contributed by atoms with Crippen molar-refractivity contribution in [3.63, 3.8) is 0 Å². The van der Waals surface area contributed by atoms with Crippen LogP contribution >= 0.6 is 11.3 Å². The first-order valence-electron chi connectivity index (χ1n) is 8.16. The topological polar surface area (TPSA) is 58.1 Å². The summed E-state index contributed by atoms with van der Waals surface area (Å²) in [5.41, 5.74) is 1.67. The summed E-state index contributed by atoms with van der Waals surface area (Å²) in [6, 6.07) is 9.51. The predicted octanol–water partition coefficient (Wildman–Crippen LogP) is 3.93. The van der Waals surface area contributed by atoms with Crippen molar-refractivity contribution in [1.82, 2.24) is 9.97 Å². The number of hydrogen-bond acceptors (Lipinski definition) is 5. The number of nitrogens with zero attached hydrogens (tertiary/aromatic N) is 3. The van der Waals surface area contributed by atoms with Gasteiger partial charge in [0.15, 0.2) is 0 Å². The zero-order valence-corrected chi connectivity index (χ0v) is 14.1. The summed E-state index contributed by atoms with van der Waals surface area (Å²) in [5, 5.41) is 5.85. The number of benzene rings is 1. The van der Waals surface area contributed by atoms with E-state index >= 15 is 0 Å². The van der Waals surface area contributed by atoms with Gasteiger partial charge in [0, 0.05) is 24.2 Å². The highest BCUT2D eigenvalue weighted by Crippen LogP contribution is 2.28. The molecule has 6 heteroatoms. The van der Waals surface area contributed by atoms with Crippen molar-refractivity contribution in [3.8, 4) is 0 Å². The van der Waals surface area contributed by atoms with Gasteiger partial charge in [0.2, 0.25) is 0 Å². The summed E-state index contributed by atoms with van der Waals surface area (Å²) in [6.07, 6.45) is 5.29. The fourth-order valence-electron chi connectivity index (χ4n) is 3.08. The maximum absolute atomic E-state index is 12.3. The number of fused-ring (bicyclic) bond motifs is 1. The lowest BCUT2D eigenvalue weighted by Gasteiger charge is -2.28. The Morgan fingerprint density at radius 3 is 2.79 bits per heavy atom. The molecule has 0 spiro atoms. The number of thiophene rings is 1. The van der Waals surface area contributed by atoms with Crippen molar-refractivity contribution in [2.75, 3.05) is 23.3 Å². The van der Waals surface area contributed by atoms with Crippen LogP contribution in [0.4, 0.5) is 11.5 Å². The van der Waals surface area contributed by atoms with Crippen LogP contribution in [0, 0.1) is 0 Å². The van der Waals surface area contributed by atoms with Gasteiger partial charge in [0.05, 0.1) is 10.4 Å². The minimum absolute atomic E-state index is 0.0827. The van der Waals surface area contributed by atoms with E-state index < -0.39 is 0 Å². The summed E-state index contributed by atoms with van der Waals surface area (Å²) >= 11 is 1.43. The normalized spacial score (nSPS) is 14.8. The molecule has 3 heterocycles. The standard InChI is InChI=1S/C18H18N4OS/c23-18(16-5-4-10-24-16)21-13-6-7-15-14(11-13)17(20-12-19-15)22-8-2-1-3-9-22/h4-7,10-12H,1-3,8-9H2,(H,21,23). The smallest absolute Gasteiger partial charge is 0.265 e. The minimum Gasteiger partial charge on any atom is -0.356 e. The van der Waals surface area contributed by atoms with Crippen LogP contribution in [0.2, 0.25) is 0 Å². The van der Waals surface area contributed by atoms with Gasteiger partial charge >= 0.3 is 0 Å². The van der Waals surface area contributed by atoms with Crippen LogP contribution < -0.4 is 10.2 Å². The molecule has 0 unspecified atom stereocenters. The van der Waals surface area contributed by atoms with Crippen LogP contribution in [0.1, 0.15) is 28.9 Å². The molecule has 0 saturated carbocycles. The maximum Gasteiger partial charge on any atom is 0.265 e. The second-order valence-corrected chi connectivity index (χ2v) is 6.86. The lowest BCUT2D eigenvalue weighted by Crippen LogP contribution is -2.30. The predicted molar refractivity (Wildman–Crippen MR) is 97.9 cm³/mol. The molecule has 1 saturated heterocycles. The summed E-state index contributed by atoms with van der Waals surface area (Å²) in [6.45, 7) is 2.05. The number of piperidine rings is 1. The molecular weight excluding hydrogens is 320 g/mol. The minimum atomic E-state index is -0.0827. The van der Waals surface area contributed by atoms with Gasteiger partial charge in [-0.05, 0) is 48.9 Å². The largest absolute Gasteiger partial charge is 0.356 e. The lowest BCUT2D eigenvalue weighted by molar-refractivity contribution is 0.103. The van der Waals surface area contributed by atoms with Crippen LogP contribution in [0.5, 0.6) is 0 Å². The number of hydrogen-bond donors (Lipinski definition) is 1. The molecule has 5 nitrogen and oxygen atoms in total. The van der Waals surface area contributed by atoms with Gasteiger partial charge in [0.1, 0.15) is 12.1 Å². The van der Waals surface area contributed by atoms with Crippen LogP contribution in [-0.2, 0) is 0 Å². The lowest BCUT2D eigenvalue weighted by atomic mass is 10.1. The average Bonchev–Trinajstić information content (AvgIpc) is 3.17. The van der Waals surface area contributed by atoms with Crippen LogP contribution in [0.25, 0.3) is 10.9 Å². The van der Waals surface area contributed by atoms with Crippen LogP contribution in [0.3, 0.4) is 0 Å². The molecule has 3 aromatic rings. The Morgan fingerprint density at radius 2 is 2.00 bits per heavy atom. The number of aromatic nitrogens is 2. The molecule has 122 valence electrons. The molecule has 0 aliphatic carbocycles. The van der Waals surface area contributed by atoms with Gasteiger partial charge in [-0.2, -0.15) is 0 Å². The third-order valence-electron chi connectivity index (χ3n) is 4.27. The second-order valence-electron chi connectivity index (χ2n) is 5.91. The van der Waals surface area contributed by atoms with E-state index in [1.807, 2.05) is 35.7 Å². The van der Waals surface area contributed by atoms with E-state index in [9.17, 15) is 4.79 Å². The molecule has 0 atom stereocenters. The van der Waals surface area contributed by atoms with Gasteiger partial charge in [-0.15, -0.1) is 11.3 Å². The molecule has 4 rings (SSSR count). The summed E-state index contributed by atoms with van der Waals surface area (Å²) in [7, 11) is 0. The first-order chi connectivity index (χ1) is 11.8. The molecule has 2 aromatic heterocycles. The van der Waals surface area contributed by atoms with Gasteiger partial charge in [0.25, 0.3) is 5.91 Å². The van der Waals surface area contributed by atoms with Crippen molar-refractivity contribution < 1.29 is 4.79 Å². The Morgan fingerprint density at radius 1 is 1.12 bits per heavy atom. The highest BCUT2D eigenvalue weighted by atomic mass is 32.1. The van der Waals surface area contributed by atoms with E-state index in [2.05, 4.69) is 20.2 Å². The molecular formula is C18H18N4OS. The summed E-state index contributed by atoms with van der Waals surface area (Å²) in [4.78, 5) is 24.1. The van der Waals surface area contributed by atoms with Gasteiger partial charge in [-0.25, -0.2) is 9.97 Å². The van der Waals surface area contributed by atoms with Crippen LogP contribution in [-0.4, -0.2) is 29.0 Å². The number of nitrogens with one attached hydrogen (secondary N) is 1. The SMILES string of the molecule is O=C(Nc1ccc2ncnc(N3CCCCC3)c2c1)c1cccs1. The molecule has 1 N–H and O–H groups in total. The highest BCUT2D eigenvalue weighted by Gasteiger charge is 2.16. The quantitative estimate of drug-likeness (QED) is 0.786. The number of carbonyl (C=O) groups excluding carboxylic acids is 1. The van der Waals surface area contributed by atoms with Crippen molar-refractivity contribution in [2.24, 2.45) is 0 Å². The Hall–Kier alpha value is -2.47. The highest BCUT2D eigenvalue weighted by molar-refractivity contribution is 7.12. The van der Waals surface area contributed by atoms with Crippen molar-refractivity contribution in [1.29, 1.82) is 0 Å². The van der Waals surface area contributed by atoms with E-state index in [-0.39, 0.29) is 5.91 Å². The van der Waals surface area contributed by atoms with E-state index in [0.29, 0.717) is 4.88 Å². The Balaban J connectivity index is 1.67. The number of carbonyl (C=O) groups is 1. The molecule has 1 aromatic carbocycles. The average molecular weight is 338 g/mol. The Labute approximate surface area is 144 Å². The van der Waals surface area contributed by atoms with Gasteiger partial charge in [-0.1, -0.05) is 6.07 Å². The Bertz CT molecular complexity index is 857. The second kappa shape index (κ2) is 6.57. The summed E-state index contributed by atoms with van der Waals surface area (Å²) in [5.74, 6) is 0.882. The van der Waals surface area contributed by atoms with E-state index in [1.165, 1.54) is 30.6 Å². The molecule has 1 aliphatic heterocycles. The number of amides is 1. The summed E-state index contributed by atoms with van der Waals surface area (Å²) < 4.78 is 0. The van der Waals surface area contributed by atoms with Crippen molar-refractivity contribution in [2.45, 2.75) is 19.3 Å². The first kappa shape index (κ1) is 15.1. The monoisotopic (exact) mass is 338 g/mol. The third kappa shape index (κ3) is 2.97. The number of anilines is 2. The zero-order chi connectivity index (χ0) is 16.4. The van der Waals surface area contributed by atoms with Gasteiger partial charge in [-0.3, -0.25) is 4.79 Å². The molecule has 0 bridgehead atoms.